The number of aliphatic hydroxyl groups excluding tert-OH is 1. The van der Waals surface area contributed by atoms with E-state index in [-0.39, 0.29) is 24.6 Å². The summed E-state index contributed by atoms with van der Waals surface area (Å²) < 4.78 is 0. The number of nitrogens with zero attached hydrogens (tertiary/aromatic N) is 2. The number of aliphatic hydroxyl groups is 1. The van der Waals surface area contributed by atoms with Crippen molar-refractivity contribution in [1.29, 1.82) is 0 Å². The van der Waals surface area contributed by atoms with Crippen molar-refractivity contribution in [2.45, 2.75) is 38.3 Å². The van der Waals surface area contributed by atoms with Crippen LogP contribution in [0.3, 0.4) is 0 Å². The number of piperidine rings is 1. The molecule has 2 aromatic rings. The molecule has 0 saturated carbocycles. The van der Waals surface area contributed by atoms with Crippen LogP contribution in [0.15, 0.2) is 48.5 Å². The molecule has 0 aromatic heterocycles. The highest BCUT2D eigenvalue weighted by Gasteiger charge is 2.30. The lowest BCUT2D eigenvalue weighted by Gasteiger charge is -2.33. The van der Waals surface area contributed by atoms with Gasteiger partial charge in [0.05, 0.1) is 24.0 Å². The first-order valence-corrected chi connectivity index (χ1v) is 9.79. The lowest BCUT2D eigenvalue weighted by molar-refractivity contribution is -0.117. The highest BCUT2D eigenvalue weighted by atomic mass is 16.3. The monoisotopic (exact) mass is 365 g/mol. The van der Waals surface area contributed by atoms with E-state index in [1.54, 1.807) is 0 Å². The average Bonchev–Trinajstić information content (AvgIpc) is 3.03. The van der Waals surface area contributed by atoms with Gasteiger partial charge in [-0.25, -0.2) is 0 Å². The third-order valence-electron chi connectivity index (χ3n) is 5.62. The number of amides is 1. The number of para-hydroxylation sites is 3. The quantitative estimate of drug-likeness (QED) is 0.874. The van der Waals surface area contributed by atoms with Crippen LogP contribution in [-0.4, -0.2) is 42.8 Å². The van der Waals surface area contributed by atoms with E-state index in [1.807, 2.05) is 41.3 Å². The molecule has 142 valence electrons. The van der Waals surface area contributed by atoms with Crippen LogP contribution in [0.25, 0.3) is 0 Å². The third kappa shape index (κ3) is 3.65. The van der Waals surface area contributed by atoms with Crippen LogP contribution in [0.2, 0.25) is 0 Å². The predicted octanol–water partition coefficient (Wildman–Crippen LogP) is 3.04. The molecule has 2 aromatic carbocycles. The molecule has 5 heteroatoms. The second-order valence-corrected chi connectivity index (χ2v) is 7.53. The maximum atomic E-state index is 12.9. The molecule has 0 radical (unpaired) electrons. The molecule has 2 aliphatic heterocycles. The maximum absolute atomic E-state index is 12.9. The number of carbonyl (C=O) groups is 1. The Kier molecular flexibility index (Phi) is 5.03. The zero-order valence-electron chi connectivity index (χ0n) is 15.8. The van der Waals surface area contributed by atoms with E-state index in [4.69, 9.17) is 0 Å². The summed E-state index contributed by atoms with van der Waals surface area (Å²) in [7, 11) is 0. The van der Waals surface area contributed by atoms with Crippen molar-refractivity contribution < 1.29 is 9.90 Å². The van der Waals surface area contributed by atoms with E-state index < -0.39 is 0 Å². The van der Waals surface area contributed by atoms with E-state index >= 15 is 0 Å². The molecule has 1 fully saturated rings. The summed E-state index contributed by atoms with van der Waals surface area (Å²) in [4.78, 5) is 17.1. The lowest BCUT2D eigenvalue weighted by Crippen LogP contribution is -2.40. The maximum Gasteiger partial charge on any atom is 0.246 e. The fourth-order valence-corrected chi connectivity index (χ4v) is 4.21. The first kappa shape index (κ1) is 17.9. The van der Waals surface area contributed by atoms with Crippen LogP contribution < -0.4 is 15.1 Å². The zero-order chi connectivity index (χ0) is 18.8. The van der Waals surface area contributed by atoms with Gasteiger partial charge >= 0.3 is 0 Å². The van der Waals surface area contributed by atoms with Crippen LogP contribution in [0.1, 0.15) is 25.3 Å². The second kappa shape index (κ2) is 7.61. The van der Waals surface area contributed by atoms with Crippen LogP contribution >= 0.6 is 0 Å². The predicted molar refractivity (Wildman–Crippen MR) is 109 cm³/mol. The molecule has 0 unspecified atom stereocenters. The fourth-order valence-electron chi connectivity index (χ4n) is 4.21. The number of rotatable bonds is 4. The Morgan fingerprint density at radius 3 is 2.52 bits per heavy atom. The smallest absolute Gasteiger partial charge is 0.246 e. The minimum atomic E-state index is -0.195. The molecular weight excluding hydrogens is 338 g/mol. The van der Waals surface area contributed by atoms with Crippen LogP contribution in [0, 0.1) is 0 Å². The van der Waals surface area contributed by atoms with Gasteiger partial charge in [-0.05, 0) is 49.9 Å². The first-order chi connectivity index (χ1) is 13.1. The molecule has 2 aliphatic rings. The van der Waals surface area contributed by atoms with Gasteiger partial charge in [0, 0.05) is 24.8 Å². The lowest BCUT2D eigenvalue weighted by atomic mass is 10.1. The van der Waals surface area contributed by atoms with Gasteiger partial charge in [0.15, 0.2) is 0 Å². The van der Waals surface area contributed by atoms with Gasteiger partial charge in [-0.2, -0.15) is 0 Å². The topological polar surface area (TPSA) is 55.8 Å². The standard InChI is InChI=1S/C22H27N3O2/c1-16-14-17-6-2-4-8-20(17)25(16)22(27)15-23-19-7-3-5-9-21(19)24-12-10-18(26)11-13-24/h2-9,16,18,23,26H,10-15H2,1H3/t16-/m1/s1. The van der Waals surface area contributed by atoms with Crippen LogP contribution in [0.4, 0.5) is 17.1 Å². The molecule has 2 N–H and O–H groups in total. The van der Waals surface area contributed by atoms with E-state index in [9.17, 15) is 9.90 Å². The Morgan fingerprint density at radius 2 is 1.74 bits per heavy atom. The molecule has 27 heavy (non-hydrogen) atoms. The van der Waals surface area contributed by atoms with Crippen molar-refractivity contribution >= 4 is 23.0 Å². The van der Waals surface area contributed by atoms with Gasteiger partial charge in [0.2, 0.25) is 5.91 Å². The Balaban J connectivity index is 1.46. The number of hydrogen-bond acceptors (Lipinski definition) is 4. The summed E-state index contributed by atoms with van der Waals surface area (Å²) in [5.74, 6) is 0.0938. The summed E-state index contributed by atoms with van der Waals surface area (Å²) >= 11 is 0. The molecule has 2 heterocycles. The Morgan fingerprint density at radius 1 is 1.07 bits per heavy atom. The normalized spacial score (nSPS) is 19.9. The van der Waals surface area contributed by atoms with Crippen LogP contribution in [-0.2, 0) is 11.2 Å². The van der Waals surface area contributed by atoms with Gasteiger partial charge in [-0.3, -0.25) is 4.79 Å². The van der Waals surface area contributed by atoms with Gasteiger partial charge in [0.1, 0.15) is 0 Å². The number of hydrogen-bond donors (Lipinski definition) is 2. The van der Waals surface area contributed by atoms with E-state index in [0.29, 0.717) is 0 Å². The fraction of sp³-hybridized carbons (Fsp3) is 0.409. The molecule has 5 nitrogen and oxygen atoms in total. The molecule has 1 amide bonds. The highest BCUT2D eigenvalue weighted by Crippen LogP contribution is 2.32. The third-order valence-corrected chi connectivity index (χ3v) is 5.62. The van der Waals surface area contributed by atoms with Crippen LogP contribution in [0.5, 0.6) is 0 Å². The number of fused-ring (bicyclic) bond motifs is 1. The molecule has 1 saturated heterocycles. The molecular formula is C22H27N3O2. The molecule has 0 spiro atoms. The van der Waals surface area contributed by atoms with E-state index in [1.165, 1.54) is 5.56 Å². The molecule has 4 rings (SSSR count). The Hall–Kier alpha value is -2.53. The number of anilines is 3. The van der Waals surface area contributed by atoms with Gasteiger partial charge in [-0.15, -0.1) is 0 Å². The number of nitrogens with one attached hydrogen (secondary N) is 1. The van der Waals surface area contributed by atoms with Crippen molar-refractivity contribution in [2.24, 2.45) is 0 Å². The Bertz CT molecular complexity index is 815. The van der Waals surface area contributed by atoms with Gasteiger partial charge in [0.25, 0.3) is 0 Å². The van der Waals surface area contributed by atoms with E-state index in [2.05, 4.69) is 29.3 Å². The van der Waals surface area contributed by atoms with Crippen molar-refractivity contribution in [3.63, 3.8) is 0 Å². The molecule has 0 bridgehead atoms. The average molecular weight is 365 g/mol. The zero-order valence-corrected chi connectivity index (χ0v) is 15.8. The van der Waals surface area contributed by atoms with Crippen molar-refractivity contribution in [1.82, 2.24) is 0 Å². The Labute approximate surface area is 160 Å². The highest BCUT2D eigenvalue weighted by molar-refractivity contribution is 5.99. The van der Waals surface area contributed by atoms with Crippen molar-refractivity contribution in [3.8, 4) is 0 Å². The van der Waals surface area contributed by atoms with E-state index in [0.717, 1.165) is 49.4 Å². The molecule has 0 aliphatic carbocycles. The largest absolute Gasteiger partial charge is 0.393 e. The summed E-state index contributed by atoms with van der Waals surface area (Å²) in [5.41, 5.74) is 4.36. The number of carbonyl (C=O) groups excluding carboxylic acids is 1. The minimum Gasteiger partial charge on any atom is -0.393 e. The summed E-state index contributed by atoms with van der Waals surface area (Å²) in [6, 6.07) is 16.5. The summed E-state index contributed by atoms with van der Waals surface area (Å²) in [6.45, 7) is 4.05. The minimum absolute atomic E-state index is 0.0938. The van der Waals surface area contributed by atoms with Gasteiger partial charge < -0.3 is 20.2 Å². The van der Waals surface area contributed by atoms with Gasteiger partial charge in [-0.1, -0.05) is 30.3 Å². The molecule has 1 atom stereocenters. The summed E-state index contributed by atoms with van der Waals surface area (Å²) in [5, 5.41) is 13.1. The number of benzene rings is 2. The summed E-state index contributed by atoms with van der Waals surface area (Å²) in [6.07, 6.45) is 2.29. The SMILES string of the molecule is C[C@@H]1Cc2ccccc2N1C(=O)CNc1ccccc1N1CCC(O)CC1. The first-order valence-electron chi connectivity index (χ1n) is 9.79. The second-order valence-electron chi connectivity index (χ2n) is 7.53. The van der Waals surface area contributed by atoms with Crippen molar-refractivity contribution in [2.75, 3.05) is 34.8 Å². The van der Waals surface area contributed by atoms with Crippen molar-refractivity contribution in [3.05, 3.63) is 54.1 Å².